The van der Waals surface area contributed by atoms with Crippen molar-refractivity contribution >= 4 is 27.3 Å². The van der Waals surface area contributed by atoms with Crippen LogP contribution in [0.25, 0.3) is 0 Å². The Labute approximate surface area is 130 Å². The van der Waals surface area contributed by atoms with E-state index in [9.17, 15) is 13.2 Å². The first-order valence-electron chi connectivity index (χ1n) is 7.25. The van der Waals surface area contributed by atoms with Crippen LogP contribution in [0.15, 0.2) is 29.2 Å². The van der Waals surface area contributed by atoms with Crippen molar-refractivity contribution in [2.75, 3.05) is 5.75 Å². The molecule has 21 heavy (non-hydrogen) atoms. The summed E-state index contributed by atoms with van der Waals surface area (Å²) in [6, 6.07) is 6.23. The summed E-state index contributed by atoms with van der Waals surface area (Å²) in [4.78, 5) is 12.1. The molecule has 1 amide bonds. The average Bonchev–Trinajstić information content (AvgIpc) is 2.47. The first-order chi connectivity index (χ1) is 9.97. The van der Waals surface area contributed by atoms with Gasteiger partial charge in [-0.05, 0) is 37.1 Å². The molecule has 1 aromatic carbocycles. The Hall–Kier alpha value is -1.07. The van der Waals surface area contributed by atoms with E-state index in [1.165, 1.54) is 30.7 Å². The molecule has 1 N–H and O–H groups in total. The maximum atomic E-state index is 12.1. The third kappa shape index (κ3) is 5.00. The average molecular weight is 330 g/mol. The number of nitrogens with one attached hydrogen (secondary N) is 1. The molecule has 0 aliphatic heterocycles. The fourth-order valence-electron chi connectivity index (χ4n) is 2.53. The van der Waals surface area contributed by atoms with Gasteiger partial charge in [0, 0.05) is 17.5 Å². The van der Waals surface area contributed by atoms with Crippen molar-refractivity contribution in [2.24, 2.45) is 0 Å². The van der Waals surface area contributed by atoms with Crippen LogP contribution in [-0.4, -0.2) is 26.1 Å². The maximum absolute atomic E-state index is 12.1. The van der Waals surface area contributed by atoms with Crippen LogP contribution in [0.5, 0.6) is 0 Å². The summed E-state index contributed by atoms with van der Waals surface area (Å²) < 4.78 is 24.2. The normalized spacial score (nSPS) is 16.6. The molecule has 116 valence electrons. The first-order valence-corrected chi connectivity index (χ1v) is 9.28. The minimum absolute atomic E-state index is 0.00145. The van der Waals surface area contributed by atoms with Crippen molar-refractivity contribution in [3.8, 4) is 0 Å². The molecule has 6 heteroatoms. The van der Waals surface area contributed by atoms with E-state index in [-0.39, 0.29) is 29.0 Å². The number of benzene rings is 1. The number of carbonyl (C=O) groups excluding carboxylic acids is 1. The van der Waals surface area contributed by atoms with Gasteiger partial charge in [0.2, 0.25) is 5.91 Å². The lowest BCUT2D eigenvalue weighted by Gasteiger charge is -2.22. The van der Waals surface area contributed by atoms with Crippen molar-refractivity contribution in [3.63, 3.8) is 0 Å². The molecule has 0 atom stereocenters. The summed E-state index contributed by atoms with van der Waals surface area (Å²) in [6.07, 6.45) is 5.48. The minimum atomic E-state index is -3.43. The Bertz CT molecular complexity index is 577. The summed E-state index contributed by atoms with van der Waals surface area (Å²) in [5.41, 5.74) is 0. The topological polar surface area (TPSA) is 63.2 Å². The molecule has 0 bridgehead atoms. The number of hydrogen-bond donors (Lipinski definition) is 1. The fraction of sp³-hybridized carbons (Fsp3) is 0.533. The second-order valence-electron chi connectivity index (χ2n) is 5.43. The SMILES string of the molecule is O=C(CCS(=O)(=O)c1ccc(Cl)cc1)NC1CCCCC1. The molecule has 1 saturated carbocycles. The van der Waals surface area contributed by atoms with E-state index in [1.807, 2.05) is 0 Å². The molecule has 2 rings (SSSR count). The largest absolute Gasteiger partial charge is 0.353 e. The van der Waals surface area contributed by atoms with Gasteiger partial charge in [-0.25, -0.2) is 8.42 Å². The smallest absolute Gasteiger partial charge is 0.221 e. The zero-order valence-corrected chi connectivity index (χ0v) is 13.4. The van der Waals surface area contributed by atoms with E-state index in [2.05, 4.69) is 5.32 Å². The predicted octanol–water partition coefficient (Wildman–Crippen LogP) is 2.95. The Kier molecular flexibility index (Phi) is 5.65. The molecule has 0 unspecified atom stereocenters. The third-order valence-electron chi connectivity index (χ3n) is 3.74. The van der Waals surface area contributed by atoms with Crippen molar-refractivity contribution < 1.29 is 13.2 Å². The number of halogens is 1. The lowest BCUT2D eigenvalue weighted by Crippen LogP contribution is -2.36. The van der Waals surface area contributed by atoms with E-state index in [0.717, 1.165) is 25.7 Å². The van der Waals surface area contributed by atoms with Gasteiger partial charge in [0.05, 0.1) is 10.6 Å². The lowest BCUT2D eigenvalue weighted by atomic mass is 9.95. The number of carbonyl (C=O) groups is 1. The van der Waals surface area contributed by atoms with E-state index in [1.54, 1.807) is 0 Å². The van der Waals surface area contributed by atoms with Gasteiger partial charge in [-0.1, -0.05) is 30.9 Å². The molecule has 0 heterocycles. The van der Waals surface area contributed by atoms with Crippen molar-refractivity contribution in [1.82, 2.24) is 5.32 Å². The molecule has 1 fully saturated rings. The number of rotatable bonds is 5. The molecule has 4 nitrogen and oxygen atoms in total. The van der Waals surface area contributed by atoms with Crippen LogP contribution in [0.3, 0.4) is 0 Å². The molecule has 0 saturated heterocycles. The lowest BCUT2D eigenvalue weighted by molar-refractivity contribution is -0.121. The summed E-state index contributed by atoms with van der Waals surface area (Å²) >= 11 is 5.74. The number of amides is 1. The Morgan fingerprint density at radius 3 is 2.38 bits per heavy atom. The number of hydrogen-bond acceptors (Lipinski definition) is 3. The zero-order chi connectivity index (χ0) is 15.3. The van der Waals surface area contributed by atoms with Crippen LogP contribution >= 0.6 is 11.6 Å². The highest BCUT2D eigenvalue weighted by molar-refractivity contribution is 7.91. The fourth-order valence-corrected chi connectivity index (χ4v) is 3.90. The standard InChI is InChI=1S/C15H20ClNO3S/c16-12-6-8-14(9-7-12)21(19,20)11-10-15(18)17-13-4-2-1-3-5-13/h6-9,13H,1-5,10-11H2,(H,17,18). The van der Waals surface area contributed by atoms with Crippen molar-refractivity contribution in [3.05, 3.63) is 29.3 Å². The molecule has 0 radical (unpaired) electrons. The van der Waals surface area contributed by atoms with Gasteiger partial charge < -0.3 is 5.32 Å². The summed E-state index contributed by atoms with van der Waals surface area (Å²) in [5, 5.41) is 3.42. The second-order valence-corrected chi connectivity index (χ2v) is 7.97. The molecule has 1 aromatic rings. The summed E-state index contributed by atoms with van der Waals surface area (Å²) in [7, 11) is -3.43. The van der Waals surface area contributed by atoms with Crippen molar-refractivity contribution in [1.29, 1.82) is 0 Å². The first kappa shape index (κ1) is 16.3. The highest BCUT2D eigenvalue weighted by atomic mass is 35.5. The van der Waals surface area contributed by atoms with Crippen LogP contribution < -0.4 is 5.32 Å². The molecule has 1 aliphatic carbocycles. The van der Waals surface area contributed by atoms with E-state index < -0.39 is 9.84 Å². The molecule has 1 aliphatic rings. The van der Waals surface area contributed by atoms with Gasteiger partial charge in [0.15, 0.2) is 9.84 Å². The molecule has 0 aromatic heterocycles. The highest BCUT2D eigenvalue weighted by Crippen LogP contribution is 2.18. The van der Waals surface area contributed by atoms with Crippen LogP contribution in [0.2, 0.25) is 5.02 Å². The van der Waals surface area contributed by atoms with Crippen LogP contribution in [-0.2, 0) is 14.6 Å². The van der Waals surface area contributed by atoms with Gasteiger partial charge in [-0.2, -0.15) is 0 Å². The molecule has 0 spiro atoms. The summed E-state index contributed by atoms with van der Waals surface area (Å²) in [5.74, 6) is -0.355. The van der Waals surface area contributed by atoms with Gasteiger partial charge in [-0.15, -0.1) is 0 Å². The van der Waals surface area contributed by atoms with Crippen LogP contribution in [0, 0.1) is 0 Å². The Morgan fingerprint density at radius 2 is 1.76 bits per heavy atom. The zero-order valence-electron chi connectivity index (χ0n) is 11.8. The predicted molar refractivity (Wildman–Crippen MR) is 83.1 cm³/mol. The monoisotopic (exact) mass is 329 g/mol. The van der Waals surface area contributed by atoms with Gasteiger partial charge in [0.1, 0.15) is 0 Å². The molecular formula is C15H20ClNO3S. The Morgan fingerprint density at radius 1 is 1.14 bits per heavy atom. The van der Waals surface area contributed by atoms with E-state index in [0.29, 0.717) is 5.02 Å². The van der Waals surface area contributed by atoms with Gasteiger partial charge in [-0.3, -0.25) is 4.79 Å². The third-order valence-corrected chi connectivity index (χ3v) is 5.72. The quantitative estimate of drug-likeness (QED) is 0.903. The molecular weight excluding hydrogens is 310 g/mol. The van der Waals surface area contributed by atoms with Crippen LogP contribution in [0.4, 0.5) is 0 Å². The van der Waals surface area contributed by atoms with E-state index in [4.69, 9.17) is 11.6 Å². The van der Waals surface area contributed by atoms with E-state index >= 15 is 0 Å². The number of sulfone groups is 1. The van der Waals surface area contributed by atoms with Crippen molar-refractivity contribution in [2.45, 2.75) is 49.5 Å². The van der Waals surface area contributed by atoms with Gasteiger partial charge in [0.25, 0.3) is 0 Å². The maximum Gasteiger partial charge on any atom is 0.221 e. The highest BCUT2D eigenvalue weighted by Gasteiger charge is 2.19. The Balaban J connectivity index is 1.86. The minimum Gasteiger partial charge on any atom is -0.353 e. The second kappa shape index (κ2) is 7.27. The summed E-state index contributed by atoms with van der Waals surface area (Å²) in [6.45, 7) is 0. The van der Waals surface area contributed by atoms with Crippen LogP contribution in [0.1, 0.15) is 38.5 Å². The van der Waals surface area contributed by atoms with Gasteiger partial charge >= 0.3 is 0 Å².